The highest BCUT2D eigenvalue weighted by Crippen LogP contribution is 2.07. The maximum Gasteiger partial charge on any atom is 0.220 e. The largest absolute Gasteiger partial charge is 0.293 e. The maximum absolute atomic E-state index is 10.2. The molecule has 4 heteroatoms. The highest BCUT2D eigenvalue weighted by atomic mass is 32.2. The molecule has 0 heterocycles. The Balaban J connectivity index is 3.09. The van der Waals surface area contributed by atoms with Gasteiger partial charge in [0.15, 0.2) is 5.78 Å². The molecule has 1 rings (SSSR count). The van der Waals surface area contributed by atoms with Gasteiger partial charge in [-0.1, -0.05) is 0 Å². The summed E-state index contributed by atoms with van der Waals surface area (Å²) < 4.78 is 19.9. The number of hydrogen-bond acceptors (Lipinski definition) is 3. The minimum absolute atomic E-state index is 0.0602. The number of rotatable bonds is 0. The van der Waals surface area contributed by atoms with Crippen molar-refractivity contribution in [1.82, 2.24) is 0 Å². The Morgan fingerprint density at radius 3 is 1.88 bits per heavy atom. The smallest absolute Gasteiger partial charge is 0.220 e. The third-order valence-electron chi connectivity index (χ3n) is 1.09. The molecule has 1 aliphatic rings. The molecule has 0 spiro atoms. The standard InChI is InChI=1S/C4H4O3S/c5-3-1-2-4(3)8(6)7/h1-2H2. The Morgan fingerprint density at radius 1 is 1.25 bits per heavy atom. The Bertz CT molecular complexity index is 238. The van der Waals surface area contributed by atoms with E-state index in [2.05, 4.69) is 0 Å². The molecule has 0 atom stereocenters. The molecule has 0 radical (unpaired) electrons. The second kappa shape index (κ2) is 1.70. The first kappa shape index (κ1) is 5.50. The van der Waals surface area contributed by atoms with Crippen molar-refractivity contribution in [3.8, 4) is 0 Å². The molecule has 0 aromatic rings. The van der Waals surface area contributed by atoms with Crippen LogP contribution in [-0.4, -0.2) is 19.1 Å². The van der Waals surface area contributed by atoms with E-state index >= 15 is 0 Å². The van der Waals surface area contributed by atoms with Crippen molar-refractivity contribution in [2.24, 2.45) is 0 Å². The van der Waals surface area contributed by atoms with Gasteiger partial charge < -0.3 is 0 Å². The zero-order chi connectivity index (χ0) is 6.15. The van der Waals surface area contributed by atoms with E-state index in [1.54, 1.807) is 0 Å². The first-order valence-electron chi connectivity index (χ1n) is 2.20. The topological polar surface area (TPSA) is 51.2 Å². The lowest BCUT2D eigenvalue weighted by atomic mass is 9.99. The molecule has 0 saturated heterocycles. The van der Waals surface area contributed by atoms with Crippen LogP contribution in [0.3, 0.4) is 0 Å². The van der Waals surface area contributed by atoms with E-state index in [1.165, 1.54) is 0 Å². The predicted molar refractivity (Wildman–Crippen MR) is 28.2 cm³/mol. The molecule has 1 saturated carbocycles. The van der Waals surface area contributed by atoms with E-state index in [0.717, 1.165) is 0 Å². The summed E-state index contributed by atoms with van der Waals surface area (Å²) in [4.78, 5) is 10.3. The number of carbonyl (C=O) groups excluding carboxylic acids is 1. The lowest BCUT2D eigenvalue weighted by Gasteiger charge is -2.07. The van der Waals surface area contributed by atoms with E-state index < -0.39 is 10.3 Å². The summed E-state index contributed by atoms with van der Waals surface area (Å²) in [5.41, 5.74) is 0. The van der Waals surface area contributed by atoms with E-state index in [9.17, 15) is 13.2 Å². The summed E-state index contributed by atoms with van der Waals surface area (Å²) in [5, 5.41) is 0. The monoisotopic (exact) mass is 132 g/mol. The van der Waals surface area contributed by atoms with Gasteiger partial charge in [-0.2, -0.15) is 8.42 Å². The van der Waals surface area contributed by atoms with Crippen molar-refractivity contribution in [3.63, 3.8) is 0 Å². The van der Waals surface area contributed by atoms with Crippen LogP contribution in [0.2, 0.25) is 0 Å². The van der Waals surface area contributed by atoms with Crippen LogP contribution in [0, 0.1) is 0 Å². The molecule has 0 unspecified atom stereocenters. The van der Waals surface area contributed by atoms with Gasteiger partial charge in [-0.05, 0) is 6.42 Å². The van der Waals surface area contributed by atoms with Gasteiger partial charge in [0, 0.05) is 6.42 Å². The quantitative estimate of drug-likeness (QED) is 0.413. The number of Topliss-reactive ketones (excluding diaryl/α,β-unsaturated/α-hetero) is 1. The molecule has 0 N–H and O–H groups in total. The summed E-state index contributed by atoms with van der Waals surface area (Å²) in [6.45, 7) is 0. The average molecular weight is 132 g/mol. The van der Waals surface area contributed by atoms with Crippen LogP contribution < -0.4 is 0 Å². The molecule has 44 valence electrons. The molecule has 0 aliphatic heterocycles. The molecular weight excluding hydrogens is 128 g/mol. The second-order valence-electron chi connectivity index (χ2n) is 1.58. The SMILES string of the molecule is O=C1CCC1=S(=O)=O. The fourth-order valence-corrected chi connectivity index (χ4v) is 1.06. The highest BCUT2D eigenvalue weighted by Gasteiger charge is 2.23. The van der Waals surface area contributed by atoms with Crippen molar-refractivity contribution in [3.05, 3.63) is 0 Å². The van der Waals surface area contributed by atoms with E-state index in [4.69, 9.17) is 0 Å². The van der Waals surface area contributed by atoms with Gasteiger partial charge in [-0.25, -0.2) is 0 Å². The molecule has 3 nitrogen and oxygen atoms in total. The molecule has 0 aromatic heterocycles. The first-order valence-corrected chi connectivity index (χ1v) is 3.27. The van der Waals surface area contributed by atoms with Gasteiger partial charge in [0.1, 0.15) is 4.86 Å². The van der Waals surface area contributed by atoms with Crippen LogP contribution in [0.1, 0.15) is 12.8 Å². The Morgan fingerprint density at radius 2 is 1.88 bits per heavy atom. The van der Waals surface area contributed by atoms with Crippen LogP contribution in [0.15, 0.2) is 0 Å². The van der Waals surface area contributed by atoms with Crippen molar-refractivity contribution in [2.75, 3.05) is 0 Å². The number of ketones is 1. The highest BCUT2D eigenvalue weighted by molar-refractivity contribution is 7.75. The van der Waals surface area contributed by atoms with Crippen LogP contribution in [0.25, 0.3) is 0 Å². The summed E-state index contributed by atoms with van der Waals surface area (Å²) >= 11 is 0. The van der Waals surface area contributed by atoms with Gasteiger partial charge in [-0.3, -0.25) is 4.79 Å². The molecule has 0 amide bonds. The summed E-state index contributed by atoms with van der Waals surface area (Å²) in [6.07, 6.45) is 0.845. The Kier molecular flexibility index (Phi) is 1.17. The van der Waals surface area contributed by atoms with Gasteiger partial charge in [0.2, 0.25) is 10.3 Å². The van der Waals surface area contributed by atoms with E-state index in [0.29, 0.717) is 12.8 Å². The van der Waals surface area contributed by atoms with Gasteiger partial charge in [0.05, 0.1) is 0 Å². The molecule has 0 aromatic carbocycles. The third kappa shape index (κ3) is 0.667. The van der Waals surface area contributed by atoms with Crippen molar-refractivity contribution in [2.45, 2.75) is 12.8 Å². The zero-order valence-electron chi connectivity index (χ0n) is 4.05. The van der Waals surface area contributed by atoms with Gasteiger partial charge in [-0.15, -0.1) is 0 Å². The van der Waals surface area contributed by atoms with Crippen molar-refractivity contribution >= 4 is 20.9 Å². The van der Waals surface area contributed by atoms with Crippen LogP contribution >= 0.6 is 0 Å². The summed E-state index contributed by atoms with van der Waals surface area (Å²) in [5.74, 6) is -0.224. The predicted octanol–water partition coefficient (Wildman–Crippen LogP) is -0.599. The van der Waals surface area contributed by atoms with Crippen LogP contribution in [0.4, 0.5) is 0 Å². The first-order chi connectivity index (χ1) is 3.72. The van der Waals surface area contributed by atoms with Gasteiger partial charge in [0.25, 0.3) is 0 Å². The third-order valence-corrected chi connectivity index (χ3v) is 1.93. The second-order valence-corrected chi connectivity index (χ2v) is 2.54. The zero-order valence-corrected chi connectivity index (χ0v) is 4.86. The fourth-order valence-electron chi connectivity index (χ4n) is 0.505. The van der Waals surface area contributed by atoms with Crippen molar-refractivity contribution in [1.29, 1.82) is 0 Å². The summed E-state index contributed by atoms with van der Waals surface area (Å²) in [6, 6.07) is 0. The molecule has 0 bridgehead atoms. The average Bonchev–Trinajstić information content (AvgIpc) is 1.61. The molecule has 8 heavy (non-hydrogen) atoms. The minimum atomic E-state index is -2.24. The van der Waals surface area contributed by atoms with Gasteiger partial charge >= 0.3 is 0 Å². The Hall–Kier alpha value is -0.640. The normalized spacial score (nSPS) is 18.0. The molecule has 1 fully saturated rings. The Labute approximate surface area is 47.9 Å². The van der Waals surface area contributed by atoms with Crippen LogP contribution in [0.5, 0.6) is 0 Å². The summed E-state index contributed by atoms with van der Waals surface area (Å²) in [7, 11) is -2.24. The number of carbonyl (C=O) groups is 1. The minimum Gasteiger partial charge on any atom is -0.293 e. The van der Waals surface area contributed by atoms with E-state index in [1.807, 2.05) is 0 Å². The maximum atomic E-state index is 10.2. The fraction of sp³-hybridized carbons (Fsp3) is 0.500. The van der Waals surface area contributed by atoms with Crippen LogP contribution in [-0.2, 0) is 15.1 Å². The van der Waals surface area contributed by atoms with Crippen molar-refractivity contribution < 1.29 is 13.2 Å². The van der Waals surface area contributed by atoms with E-state index in [-0.39, 0.29) is 10.6 Å². The lowest BCUT2D eigenvalue weighted by Crippen LogP contribution is -2.25. The molecular formula is C4H4O3S. The molecule has 1 aliphatic carbocycles. The number of hydrogen-bond donors (Lipinski definition) is 0. The lowest BCUT2D eigenvalue weighted by molar-refractivity contribution is -0.114.